The number of hydrogen-bond donors (Lipinski definition) is 1. The molecular formula is C11H14O4S. The molecule has 0 unspecified atom stereocenters. The molecule has 1 aromatic rings. The fourth-order valence-corrected chi connectivity index (χ4v) is 2.77. The lowest BCUT2D eigenvalue weighted by molar-refractivity contribution is -0.137. The summed E-state index contributed by atoms with van der Waals surface area (Å²) in [5.74, 6) is -1.06. The first-order valence-electron chi connectivity index (χ1n) is 4.96. The number of hydrogen-bond acceptors (Lipinski definition) is 3. The summed E-state index contributed by atoms with van der Waals surface area (Å²) in [4.78, 5) is 10.2. The third-order valence-electron chi connectivity index (χ3n) is 2.08. The van der Waals surface area contributed by atoms with Gasteiger partial charge in [-0.05, 0) is 12.0 Å². The molecule has 88 valence electrons. The third-order valence-corrected chi connectivity index (χ3v) is 3.76. The molecule has 16 heavy (non-hydrogen) atoms. The van der Waals surface area contributed by atoms with Crippen molar-refractivity contribution in [3.8, 4) is 0 Å². The summed E-state index contributed by atoms with van der Waals surface area (Å²) in [6.45, 7) is 0. The highest BCUT2D eigenvalue weighted by atomic mass is 32.2. The van der Waals surface area contributed by atoms with Crippen LogP contribution in [0.3, 0.4) is 0 Å². The molecule has 0 heterocycles. The Hall–Kier alpha value is -1.36. The molecule has 0 saturated heterocycles. The van der Waals surface area contributed by atoms with Crippen molar-refractivity contribution in [1.82, 2.24) is 0 Å². The standard InChI is InChI=1S/C11H14O4S/c12-11(13)7-4-8-16(14,15)9-10-5-2-1-3-6-10/h1-3,5-6H,4,7-9H2,(H,12,13). The highest BCUT2D eigenvalue weighted by Crippen LogP contribution is 2.07. The second-order valence-corrected chi connectivity index (χ2v) is 5.76. The lowest BCUT2D eigenvalue weighted by Gasteiger charge is -2.03. The predicted molar refractivity (Wildman–Crippen MR) is 60.8 cm³/mol. The smallest absolute Gasteiger partial charge is 0.303 e. The number of aliphatic carboxylic acids is 1. The van der Waals surface area contributed by atoms with Crippen molar-refractivity contribution in [2.24, 2.45) is 0 Å². The van der Waals surface area contributed by atoms with Gasteiger partial charge in [-0.2, -0.15) is 0 Å². The normalized spacial score (nSPS) is 11.2. The van der Waals surface area contributed by atoms with E-state index >= 15 is 0 Å². The van der Waals surface area contributed by atoms with E-state index in [4.69, 9.17) is 5.11 Å². The van der Waals surface area contributed by atoms with Crippen LogP contribution in [0, 0.1) is 0 Å². The van der Waals surface area contributed by atoms with Crippen LogP contribution in [-0.4, -0.2) is 25.2 Å². The number of carbonyl (C=O) groups is 1. The van der Waals surface area contributed by atoms with Crippen LogP contribution in [0.2, 0.25) is 0 Å². The molecule has 4 nitrogen and oxygen atoms in total. The highest BCUT2D eigenvalue weighted by molar-refractivity contribution is 7.90. The van der Waals surface area contributed by atoms with Crippen LogP contribution in [0.5, 0.6) is 0 Å². The first-order valence-corrected chi connectivity index (χ1v) is 6.78. The van der Waals surface area contributed by atoms with Gasteiger partial charge in [0, 0.05) is 6.42 Å². The van der Waals surface area contributed by atoms with Gasteiger partial charge in [0.15, 0.2) is 9.84 Å². The minimum absolute atomic E-state index is 0.0204. The van der Waals surface area contributed by atoms with Gasteiger partial charge in [0.05, 0.1) is 11.5 Å². The molecule has 0 bridgehead atoms. The Morgan fingerprint density at radius 1 is 1.19 bits per heavy atom. The van der Waals surface area contributed by atoms with Crippen LogP contribution in [0.1, 0.15) is 18.4 Å². The van der Waals surface area contributed by atoms with Crippen molar-refractivity contribution >= 4 is 15.8 Å². The van der Waals surface area contributed by atoms with Crippen molar-refractivity contribution in [1.29, 1.82) is 0 Å². The van der Waals surface area contributed by atoms with Crippen LogP contribution < -0.4 is 0 Å². The Balaban J connectivity index is 2.49. The molecule has 0 atom stereocenters. The molecule has 0 amide bonds. The molecule has 5 heteroatoms. The van der Waals surface area contributed by atoms with E-state index < -0.39 is 15.8 Å². The zero-order valence-electron chi connectivity index (χ0n) is 8.80. The van der Waals surface area contributed by atoms with Crippen molar-refractivity contribution in [3.63, 3.8) is 0 Å². The Bertz CT molecular complexity index is 436. The molecule has 0 aliphatic rings. The van der Waals surface area contributed by atoms with E-state index in [1.807, 2.05) is 6.07 Å². The molecule has 1 aromatic carbocycles. The van der Waals surface area contributed by atoms with Gasteiger partial charge in [-0.15, -0.1) is 0 Å². The van der Waals surface area contributed by atoms with Crippen LogP contribution in [0.4, 0.5) is 0 Å². The monoisotopic (exact) mass is 242 g/mol. The van der Waals surface area contributed by atoms with Crippen LogP contribution in [0.15, 0.2) is 30.3 Å². The number of carboxylic acids is 1. The van der Waals surface area contributed by atoms with Gasteiger partial charge in [-0.3, -0.25) is 4.79 Å². The molecule has 0 fully saturated rings. The lowest BCUT2D eigenvalue weighted by Crippen LogP contribution is -2.10. The molecule has 0 radical (unpaired) electrons. The van der Waals surface area contributed by atoms with Gasteiger partial charge < -0.3 is 5.11 Å². The largest absolute Gasteiger partial charge is 0.481 e. The lowest BCUT2D eigenvalue weighted by atomic mass is 10.2. The Kier molecular flexibility index (Phi) is 4.49. The van der Waals surface area contributed by atoms with Crippen LogP contribution >= 0.6 is 0 Å². The SMILES string of the molecule is O=C(O)CCCS(=O)(=O)Cc1ccccc1. The average Bonchev–Trinajstić information content (AvgIpc) is 2.17. The molecular weight excluding hydrogens is 228 g/mol. The van der Waals surface area contributed by atoms with Crippen molar-refractivity contribution in [3.05, 3.63) is 35.9 Å². The summed E-state index contributed by atoms with van der Waals surface area (Å²) in [5, 5.41) is 8.41. The first-order chi connectivity index (χ1) is 7.49. The van der Waals surface area contributed by atoms with Crippen molar-refractivity contribution in [2.45, 2.75) is 18.6 Å². The fraction of sp³-hybridized carbons (Fsp3) is 0.364. The van der Waals surface area contributed by atoms with E-state index in [9.17, 15) is 13.2 Å². The average molecular weight is 242 g/mol. The number of carboxylic acid groups (broad SMARTS) is 1. The Labute approximate surface area is 94.8 Å². The maximum Gasteiger partial charge on any atom is 0.303 e. The summed E-state index contributed by atoms with van der Waals surface area (Å²) in [5.41, 5.74) is 0.734. The zero-order valence-corrected chi connectivity index (χ0v) is 9.61. The van der Waals surface area contributed by atoms with Gasteiger partial charge in [-0.25, -0.2) is 8.42 Å². The highest BCUT2D eigenvalue weighted by Gasteiger charge is 2.12. The second kappa shape index (κ2) is 5.65. The van der Waals surface area contributed by atoms with E-state index in [0.717, 1.165) is 5.56 Å². The van der Waals surface area contributed by atoms with Gasteiger partial charge in [0.2, 0.25) is 0 Å². The topological polar surface area (TPSA) is 71.4 Å². The summed E-state index contributed by atoms with van der Waals surface area (Å²) in [7, 11) is -3.19. The van der Waals surface area contributed by atoms with Crippen molar-refractivity contribution < 1.29 is 18.3 Å². The third kappa shape index (κ3) is 4.93. The second-order valence-electron chi connectivity index (χ2n) is 3.57. The van der Waals surface area contributed by atoms with E-state index in [1.54, 1.807) is 24.3 Å². The summed E-state index contributed by atoms with van der Waals surface area (Å²) in [6, 6.07) is 8.87. The maximum absolute atomic E-state index is 11.6. The van der Waals surface area contributed by atoms with Crippen molar-refractivity contribution in [2.75, 3.05) is 5.75 Å². The molecule has 1 rings (SSSR count). The molecule has 0 aliphatic heterocycles. The van der Waals surface area contributed by atoms with Gasteiger partial charge in [0.25, 0.3) is 0 Å². The minimum Gasteiger partial charge on any atom is -0.481 e. The number of benzene rings is 1. The predicted octanol–water partition coefficient (Wildman–Crippen LogP) is 1.47. The summed E-state index contributed by atoms with van der Waals surface area (Å²) in [6.07, 6.45) is 0.0680. The number of rotatable bonds is 6. The number of sulfone groups is 1. The van der Waals surface area contributed by atoms with Gasteiger partial charge in [0.1, 0.15) is 0 Å². The zero-order chi connectivity index (χ0) is 12.0. The van der Waals surface area contributed by atoms with Gasteiger partial charge in [-0.1, -0.05) is 30.3 Å². The Morgan fingerprint density at radius 3 is 2.38 bits per heavy atom. The van der Waals surface area contributed by atoms with E-state index in [0.29, 0.717) is 0 Å². The molecule has 1 N–H and O–H groups in total. The summed E-state index contributed by atoms with van der Waals surface area (Å²) >= 11 is 0. The first kappa shape index (κ1) is 12.7. The van der Waals surface area contributed by atoms with Gasteiger partial charge >= 0.3 is 5.97 Å². The molecule has 0 spiro atoms. The quantitative estimate of drug-likeness (QED) is 0.819. The molecule has 0 aromatic heterocycles. The van der Waals surface area contributed by atoms with Crippen LogP contribution in [-0.2, 0) is 20.4 Å². The minimum atomic E-state index is -3.19. The maximum atomic E-state index is 11.6. The van der Waals surface area contributed by atoms with E-state index in [1.165, 1.54) is 0 Å². The Morgan fingerprint density at radius 2 is 1.81 bits per heavy atom. The summed E-state index contributed by atoms with van der Waals surface area (Å²) < 4.78 is 23.2. The molecule has 0 aliphatic carbocycles. The van der Waals surface area contributed by atoms with E-state index in [2.05, 4.69) is 0 Å². The van der Waals surface area contributed by atoms with E-state index in [-0.39, 0.29) is 24.3 Å². The van der Waals surface area contributed by atoms with Crippen LogP contribution in [0.25, 0.3) is 0 Å². The fourth-order valence-electron chi connectivity index (χ4n) is 1.34. The molecule has 0 saturated carbocycles.